The van der Waals surface area contributed by atoms with Gasteiger partial charge in [0.1, 0.15) is 11.5 Å². The molecular formula is C20H18FN5O2. The summed E-state index contributed by atoms with van der Waals surface area (Å²) in [4.78, 5) is 24.3. The first-order chi connectivity index (χ1) is 13.6. The molecule has 142 valence electrons. The predicted molar refractivity (Wildman–Crippen MR) is 104 cm³/mol. The summed E-state index contributed by atoms with van der Waals surface area (Å²) in [5.41, 5.74) is 2.62. The summed E-state index contributed by atoms with van der Waals surface area (Å²) >= 11 is 0. The summed E-state index contributed by atoms with van der Waals surface area (Å²) in [5, 5.41) is 15.1. The molecule has 0 bridgehead atoms. The highest BCUT2D eigenvalue weighted by molar-refractivity contribution is 6.04. The molecule has 8 heteroatoms. The molecular weight excluding hydrogens is 361 g/mol. The maximum atomic E-state index is 13.0. The molecule has 2 aromatic carbocycles. The predicted octanol–water partition coefficient (Wildman–Crippen LogP) is 3.75. The van der Waals surface area contributed by atoms with Gasteiger partial charge in [0.25, 0.3) is 5.91 Å². The van der Waals surface area contributed by atoms with Crippen LogP contribution in [0.1, 0.15) is 23.3 Å². The van der Waals surface area contributed by atoms with Gasteiger partial charge in [-0.2, -0.15) is 5.10 Å². The number of halogens is 1. The molecule has 0 aliphatic heterocycles. The van der Waals surface area contributed by atoms with Crippen LogP contribution in [0.3, 0.4) is 0 Å². The molecule has 28 heavy (non-hydrogen) atoms. The van der Waals surface area contributed by atoms with E-state index < -0.39 is 0 Å². The Morgan fingerprint density at radius 3 is 2.43 bits per heavy atom. The number of hydrogen-bond donors (Lipinski definition) is 4. The third-order valence-electron chi connectivity index (χ3n) is 4.25. The molecule has 7 nitrogen and oxygen atoms in total. The minimum absolute atomic E-state index is 0.261. The Kier molecular flexibility index (Phi) is 4.76. The highest BCUT2D eigenvalue weighted by atomic mass is 19.1. The largest absolute Gasteiger partial charge is 0.335 e. The monoisotopic (exact) mass is 379 g/mol. The van der Waals surface area contributed by atoms with Crippen LogP contribution in [0.5, 0.6) is 0 Å². The van der Waals surface area contributed by atoms with E-state index >= 15 is 0 Å². The minimum Gasteiger partial charge on any atom is -0.335 e. The fourth-order valence-electron chi connectivity index (χ4n) is 2.66. The van der Waals surface area contributed by atoms with E-state index in [9.17, 15) is 14.0 Å². The molecule has 0 atom stereocenters. The molecule has 0 radical (unpaired) electrons. The lowest BCUT2D eigenvalue weighted by Crippen LogP contribution is -2.30. The Labute approximate surface area is 160 Å². The van der Waals surface area contributed by atoms with Crippen molar-refractivity contribution in [1.29, 1.82) is 0 Å². The van der Waals surface area contributed by atoms with Crippen molar-refractivity contribution in [2.45, 2.75) is 18.9 Å². The third-order valence-corrected chi connectivity index (χ3v) is 4.25. The van der Waals surface area contributed by atoms with Crippen molar-refractivity contribution in [1.82, 2.24) is 15.5 Å². The number of nitrogens with zero attached hydrogens (tertiary/aromatic N) is 1. The molecule has 1 aliphatic rings. The van der Waals surface area contributed by atoms with Gasteiger partial charge in [-0.1, -0.05) is 6.07 Å². The average molecular weight is 379 g/mol. The van der Waals surface area contributed by atoms with Crippen LogP contribution in [0.25, 0.3) is 11.3 Å². The van der Waals surface area contributed by atoms with Gasteiger partial charge < -0.3 is 16.0 Å². The molecule has 4 rings (SSSR count). The van der Waals surface area contributed by atoms with Crippen LogP contribution in [0.2, 0.25) is 0 Å². The topological polar surface area (TPSA) is 98.9 Å². The number of H-pyrrole nitrogens is 1. The molecule has 1 fully saturated rings. The first-order valence-corrected chi connectivity index (χ1v) is 8.87. The van der Waals surface area contributed by atoms with Gasteiger partial charge in [0, 0.05) is 23.0 Å². The van der Waals surface area contributed by atoms with Crippen molar-refractivity contribution < 1.29 is 14.0 Å². The minimum atomic E-state index is -0.375. The van der Waals surface area contributed by atoms with Gasteiger partial charge in [0.15, 0.2) is 0 Å². The lowest BCUT2D eigenvalue weighted by atomic mass is 10.1. The standard InChI is InChI=1S/C20H18FN5O2/c21-13-6-4-12(5-7-13)17-11-18(26-25-17)19(27)22-15-2-1-3-16(10-15)24-20(28)23-14-8-9-14/h1-7,10-11,14H,8-9H2,(H,22,27)(H,25,26)(H2,23,24,28). The zero-order valence-corrected chi connectivity index (χ0v) is 14.8. The van der Waals surface area contributed by atoms with Crippen molar-refractivity contribution in [2.24, 2.45) is 0 Å². The number of anilines is 2. The number of carbonyl (C=O) groups excluding carboxylic acids is 2. The quantitative estimate of drug-likeness (QED) is 0.543. The second-order valence-electron chi connectivity index (χ2n) is 6.58. The summed E-state index contributed by atoms with van der Waals surface area (Å²) in [6.45, 7) is 0. The van der Waals surface area contributed by atoms with Crippen LogP contribution in [-0.2, 0) is 0 Å². The van der Waals surface area contributed by atoms with Gasteiger partial charge in [0.05, 0.1) is 5.69 Å². The van der Waals surface area contributed by atoms with Crippen LogP contribution in [0.4, 0.5) is 20.6 Å². The smallest absolute Gasteiger partial charge is 0.319 e. The van der Waals surface area contributed by atoms with E-state index in [4.69, 9.17) is 0 Å². The molecule has 1 saturated carbocycles. The van der Waals surface area contributed by atoms with Crippen LogP contribution >= 0.6 is 0 Å². The van der Waals surface area contributed by atoms with Gasteiger partial charge in [0.2, 0.25) is 0 Å². The molecule has 0 spiro atoms. The molecule has 1 aromatic heterocycles. The number of hydrogen-bond acceptors (Lipinski definition) is 3. The van der Waals surface area contributed by atoms with Crippen molar-refractivity contribution in [2.75, 3.05) is 10.6 Å². The number of rotatable bonds is 5. The summed E-state index contributed by atoms with van der Waals surface area (Å²) in [6.07, 6.45) is 2.02. The highest BCUT2D eigenvalue weighted by Crippen LogP contribution is 2.21. The Balaban J connectivity index is 1.41. The number of amides is 3. The maximum Gasteiger partial charge on any atom is 0.319 e. The number of urea groups is 1. The molecule has 1 heterocycles. The van der Waals surface area contributed by atoms with Crippen molar-refractivity contribution in [3.63, 3.8) is 0 Å². The van der Waals surface area contributed by atoms with E-state index in [2.05, 4.69) is 26.1 Å². The molecule has 3 amide bonds. The zero-order chi connectivity index (χ0) is 19.5. The second-order valence-corrected chi connectivity index (χ2v) is 6.58. The molecule has 0 saturated heterocycles. The van der Waals surface area contributed by atoms with Crippen molar-refractivity contribution >= 4 is 23.3 Å². The summed E-state index contributed by atoms with van der Waals surface area (Å²) in [5.74, 6) is -0.711. The first-order valence-electron chi connectivity index (χ1n) is 8.87. The van der Waals surface area contributed by atoms with E-state index in [1.54, 1.807) is 42.5 Å². The van der Waals surface area contributed by atoms with Crippen molar-refractivity contribution in [3.05, 3.63) is 66.1 Å². The number of carbonyl (C=O) groups is 2. The summed E-state index contributed by atoms with van der Waals surface area (Å²) in [6, 6.07) is 14.3. The van der Waals surface area contributed by atoms with Gasteiger partial charge in [-0.3, -0.25) is 9.89 Å². The second kappa shape index (κ2) is 7.51. The third kappa shape index (κ3) is 4.35. The SMILES string of the molecule is O=C(Nc1cccc(NC(=O)c2cc(-c3ccc(F)cc3)n[nH]2)c1)NC1CC1. The molecule has 3 aromatic rings. The average Bonchev–Trinajstić information content (AvgIpc) is 3.34. The molecule has 1 aliphatic carbocycles. The fraction of sp³-hybridized carbons (Fsp3) is 0.150. The number of aromatic amines is 1. The van der Waals surface area contributed by atoms with Crippen molar-refractivity contribution in [3.8, 4) is 11.3 Å². The normalized spacial score (nSPS) is 13.0. The van der Waals surface area contributed by atoms with Crippen LogP contribution in [0.15, 0.2) is 54.6 Å². The van der Waals surface area contributed by atoms with Gasteiger partial charge >= 0.3 is 6.03 Å². The van der Waals surface area contributed by atoms with Crippen LogP contribution in [-0.4, -0.2) is 28.2 Å². The lowest BCUT2D eigenvalue weighted by molar-refractivity contribution is 0.102. The number of aromatic nitrogens is 2. The maximum absolute atomic E-state index is 13.0. The zero-order valence-electron chi connectivity index (χ0n) is 14.8. The lowest BCUT2D eigenvalue weighted by Gasteiger charge is -2.09. The number of benzene rings is 2. The van der Waals surface area contributed by atoms with E-state index in [1.807, 2.05) is 0 Å². The van der Waals surface area contributed by atoms with E-state index in [1.165, 1.54) is 12.1 Å². The summed E-state index contributed by atoms with van der Waals surface area (Å²) < 4.78 is 13.0. The Morgan fingerprint density at radius 2 is 1.71 bits per heavy atom. The first kappa shape index (κ1) is 17.7. The Bertz CT molecular complexity index is 1010. The fourth-order valence-corrected chi connectivity index (χ4v) is 2.66. The van der Waals surface area contributed by atoms with E-state index in [0.29, 0.717) is 22.6 Å². The number of nitrogens with one attached hydrogen (secondary N) is 4. The van der Waals surface area contributed by atoms with Gasteiger partial charge in [-0.15, -0.1) is 0 Å². The van der Waals surface area contributed by atoms with Crippen LogP contribution in [0, 0.1) is 5.82 Å². The van der Waals surface area contributed by atoms with Gasteiger partial charge in [-0.05, 0) is 61.4 Å². The summed E-state index contributed by atoms with van der Waals surface area (Å²) in [7, 11) is 0. The van der Waals surface area contributed by atoms with E-state index in [0.717, 1.165) is 12.8 Å². The molecule has 0 unspecified atom stereocenters. The molecule has 4 N–H and O–H groups in total. The van der Waals surface area contributed by atoms with Crippen LogP contribution < -0.4 is 16.0 Å². The van der Waals surface area contributed by atoms with Gasteiger partial charge in [-0.25, -0.2) is 9.18 Å². The Hall–Kier alpha value is -3.68. The Morgan fingerprint density at radius 1 is 1.00 bits per heavy atom. The van der Waals surface area contributed by atoms with E-state index in [-0.39, 0.29) is 29.5 Å². The highest BCUT2D eigenvalue weighted by Gasteiger charge is 2.23.